The van der Waals surface area contributed by atoms with Crippen molar-refractivity contribution in [3.63, 3.8) is 0 Å². The van der Waals surface area contributed by atoms with Crippen LogP contribution in [0.1, 0.15) is 38.2 Å². The number of nitrogens with zero attached hydrogens (tertiary/aromatic N) is 3. The van der Waals surface area contributed by atoms with Gasteiger partial charge in [-0.1, -0.05) is 54.2 Å². The largest absolute Gasteiger partial charge is 0.497 e. The zero-order valence-corrected chi connectivity index (χ0v) is 20.5. The Bertz CT molecular complexity index is 1200. The minimum absolute atomic E-state index is 0.0844. The van der Waals surface area contributed by atoms with Crippen LogP contribution in [0.25, 0.3) is 0 Å². The molecule has 0 unspecified atom stereocenters. The number of carbonyl (C=O) groups excluding carboxylic acids is 1. The lowest BCUT2D eigenvalue weighted by molar-refractivity contribution is 0.0937. The topological polar surface area (TPSA) is 69.0 Å². The Morgan fingerprint density at radius 1 is 1.09 bits per heavy atom. The number of aromatic nitrogens is 3. The van der Waals surface area contributed by atoms with E-state index >= 15 is 0 Å². The van der Waals surface area contributed by atoms with E-state index in [1.807, 2.05) is 72.4 Å². The fourth-order valence-electron chi connectivity index (χ4n) is 3.51. The van der Waals surface area contributed by atoms with Gasteiger partial charge in [-0.25, -0.2) is 0 Å². The zero-order valence-electron chi connectivity index (χ0n) is 18.8. The highest BCUT2D eigenvalue weighted by Crippen LogP contribution is 2.26. The van der Waals surface area contributed by atoms with Crippen LogP contribution >= 0.6 is 23.1 Å². The monoisotopic (exact) mass is 478 g/mol. The molecular formula is C25H26N4O2S2. The third-order valence-electron chi connectivity index (χ3n) is 5.36. The molecule has 2 heterocycles. The van der Waals surface area contributed by atoms with E-state index in [-0.39, 0.29) is 11.9 Å². The predicted octanol–water partition coefficient (Wildman–Crippen LogP) is 5.20. The van der Waals surface area contributed by atoms with Gasteiger partial charge in [0.15, 0.2) is 11.0 Å². The Balaban J connectivity index is 1.53. The van der Waals surface area contributed by atoms with Crippen molar-refractivity contribution >= 4 is 29.0 Å². The second kappa shape index (κ2) is 10.7. The first kappa shape index (κ1) is 23.1. The molecule has 33 heavy (non-hydrogen) atoms. The molecule has 1 amide bonds. The van der Waals surface area contributed by atoms with Crippen molar-refractivity contribution in [3.8, 4) is 5.75 Å². The number of nitrogens with one attached hydrogen (secondary N) is 1. The van der Waals surface area contributed by atoms with Crippen LogP contribution in [-0.4, -0.2) is 27.8 Å². The van der Waals surface area contributed by atoms with Gasteiger partial charge in [0, 0.05) is 12.8 Å². The zero-order chi connectivity index (χ0) is 23.2. The highest BCUT2D eigenvalue weighted by Gasteiger charge is 2.24. The van der Waals surface area contributed by atoms with Crippen LogP contribution in [0, 0.1) is 6.92 Å². The van der Waals surface area contributed by atoms with E-state index in [0.29, 0.717) is 6.42 Å². The van der Waals surface area contributed by atoms with E-state index in [9.17, 15) is 4.79 Å². The molecule has 4 aromatic rings. The molecule has 4 rings (SSSR count). The highest BCUT2D eigenvalue weighted by molar-refractivity contribution is 7.98. The maximum absolute atomic E-state index is 13.0. The summed E-state index contributed by atoms with van der Waals surface area (Å²) in [4.78, 5) is 13.7. The SMILES string of the molecule is COc1ccc(CSc2nnc([C@@H](Cc3ccccc3)NC(=O)c3sccc3C)n2C)cc1. The molecule has 0 bridgehead atoms. The van der Waals surface area contributed by atoms with E-state index in [0.717, 1.165) is 38.5 Å². The molecule has 0 saturated heterocycles. The van der Waals surface area contributed by atoms with Gasteiger partial charge in [0.25, 0.3) is 5.91 Å². The summed E-state index contributed by atoms with van der Waals surface area (Å²) >= 11 is 3.07. The maximum atomic E-state index is 13.0. The van der Waals surface area contributed by atoms with Crippen LogP contribution in [0.4, 0.5) is 0 Å². The molecule has 1 atom stereocenters. The second-order valence-electron chi connectivity index (χ2n) is 7.69. The van der Waals surface area contributed by atoms with Gasteiger partial charge in [-0.3, -0.25) is 4.79 Å². The molecule has 0 saturated carbocycles. The van der Waals surface area contributed by atoms with Crippen LogP contribution < -0.4 is 10.1 Å². The summed E-state index contributed by atoms with van der Waals surface area (Å²) in [7, 11) is 3.61. The van der Waals surface area contributed by atoms with E-state index in [1.54, 1.807) is 18.9 Å². The van der Waals surface area contributed by atoms with Gasteiger partial charge < -0.3 is 14.6 Å². The number of methoxy groups -OCH3 is 1. The summed E-state index contributed by atoms with van der Waals surface area (Å²) in [5.41, 5.74) is 3.28. The van der Waals surface area contributed by atoms with Crippen LogP contribution in [0.3, 0.4) is 0 Å². The maximum Gasteiger partial charge on any atom is 0.262 e. The van der Waals surface area contributed by atoms with Crippen molar-refractivity contribution < 1.29 is 9.53 Å². The molecule has 0 radical (unpaired) electrons. The van der Waals surface area contributed by atoms with Crippen molar-refractivity contribution in [2.75, 3.05) is 7.11 Å². The number of aryl methyl sites for hydroxylation is 1. The molecule has 0 fully saturated rings. The van der Waals surface area contributed by atoms with Crippen LogP contribution in [0.5, 0.6) is 5.75 Å². The molecule has 0 aliphatic rings. The van der Waals surface area contributed by atoms with Gasteiger partial charge in [-0.2, -0.15) is 0 Å². The molecule has 0 spiro atoms. The van der Waals surface area contributed by atoms with Gasteiger partial charge >= 0.3 is 0 Å². The molecule has 2 aromatic carbocycles. The van der Waals surface area contributed by atoms with Crippen molar-refractivity contribution in [3.05, 3.63) is 93.4 Å². The predicted molar refractivity (Wildman–Crippen MR) is 133 cm³/mol. The lowest BCUT2D eigenvalue weighted by Gasteiger charge is -2.18. The molecule has 1 N–H and O–H groups in total. The van der Waals surface area contributed by atoms with Crippen molar-refractivity contribution in [1.82, 2.24) is 20.1 Å². The van der Waals surface area contributed by atoms with Crippen molar-refractivity contribution in [2.24, 2.45) is 7.05 Å². The number of rotatable bonds is 9. The first-order valence-corrected chi connectivity index (χ1v) is 12.5. The number of hydrogen-bond acceptors (Lipinski definition) is 6. The molecular weight excluding hydrogens is 452 g/mol. The molecule has 0 aliphatic carbocycles. The number of thioether (sulfide) groups is 1. The standard InChI is InChI=1S/C25H26N4O2S2/c1-17-13-14-32-22(17)24(30)26-21(15-18-7-5-4-6-8-18)23-27-28-25(29(23)2)33-16-19-9-11-20(31-3)12-10-19/h4-14,21H,15-16H2,1-3H3,(H,26,30)/t21-/m1/s1. The minimum Gasteiger partial charge on any atom is -0.497 e. The third kappa shape index (κ3) is 5.64. The average molecular weight is 479 g/mol. The van der Waals surface area contributed by atoms with E-state index in [4.69, 9.17) is 4.74 Å². The summed E-state index contributed by atoms with van der Waals surface area (Å²) < 4.78 is 7.20. The van der Waals surface area contributed by atoms with Gasteiger partial charge in [-0.15, -0.1) is 21.5 Å². The minimum atomic E-state index is -0.297. The quantitative estimate of drug-likeness (QED) is 0.335. The fraction of sp³-hybridized carbons (Fsp3) is 0.240. The van der Waals surface area contributed by atoms with Crippen molar-refractivity contribution in [1.29, 1.82) is 0 Å². The summed E-state index contributed by atoms with van der Waals surface area (Å²) in [5, 5.41) is 14.8. The van der Waals surface area contributed by atoms with Crippen LogP contribution in [-0.2, 0) is 19.2 Å². The molecule has 6 nitrogen and oxygen atoms in total. The Kier molecular flexibility index (Phi) is 7.47. The van der Waals surface area contributed by atoms with Crippen molar-refractivity contribution in [2.45, 2.75) is 30.3 Å². The number of benzene rings is 2. The van der Waals surface area contributed by atoms with Crippen LogP contribution in [0.2, 0.25) is 0 Å². The third-order valence-corrected chi connectivity index (χ3v) is 7.47. The number of hydrogen-bond donors (Lipinski definition) is 1. The highest BCUT2D eigenvalue weighted by atomic mass is 32.2. The van der Waals surface area contributed by atoms with Gasteiger partial charge in [0.1, 0.15) is 5.75 Å². The Morgan fingerprint density at radius 2 is 1.85 bits per heavy atom. The first-order chi connectivity index (χ1) is 16.0. The lowest BCUT2D eigenvalue weighted by Crippen LogP contribution is -2.31. The smallest absolute Gasteiger partial charge is 0.262 e. The van der Waals surface area contributed by atoms with Crippen LogP contribution in [0.15, 0.2) is 71.2 Å². The average Bonchev–Trinajstić information content (AvgIpc) is 3.43. The molecule has 2 aromatic heterocycles. The molecule has 0 aliphatic heterocycles. The first-order valence-electron chi connectivity index (χ1n) is 10.6. The Morgan fingerprint density at radius 3 is 2.52 bits per heavy atom. The Labute approximate surface area is 202 Å². The Hall–Kier alpha value is -3.10. The fourth-order valence-corrected chi connectivity index (χ4v) is 5.21. The van der Waals surface area contributed by atoms with Gasteiger partial charge in [0.2, 0.25) is 0 Å². The number of thiophene rings is 1. The van der Waals surface area contributed by atoms with E-state index < -0.39 is 0 Å². The molecule has 170 valence electrons. The lowest BCUT2D eigenvalue weighted by atomic mass is 10.0. The number of ether oxygens (including phenoxy) is 1. The molecule has 8 heteroatoms. The summed E-state index contributed by atoms with van der Waals surface area (Å²) in [5.74, 6) is 2.25. The second-order valence-corrected chi connectivity index (χ2v) is 9.54. The summed E-state index contributed by atoms with van der Waals surface area (Å²) in [6.45, 7) is 1.95. The van der Waals surface area contributed by atoms with Gasteiger partial charge in [0.05, 0.1) is 18.0 Å². The normalized spacial score (nSPS) is 11.8. The summed E-state index contributed by atoms with van der Waals surface area (Å²) in [6.07, 6.45) is 0.631. The number of carbonyl (C=O) groups is 1. The van der Waals surface area contributed by atoms with E-state index in [2.05, 4.69) is 27.6 Å². The van der Waals surface area contributed by atoms with Gasteiger partial charge in [-0.05, 0) is 53.6 Å². The number of amides is 1. The van der Waals surface area contributed by atoms with E-state index in [1.165, 1.54) is 16.9 Å². The summed E-state index contributed by atoms with van der Waals surface area (Å²) in [6, 6.07) is 19.8.